The minimum atomic E-state index is -4.94. The fourth-order valence-electron chi connectivity index (χ4n) is 1.82. The van der Waals surface area contributed by atoms with Crippen molar-refractivity contribution >= 4 is 17.5 Å². The number of hydrogen-bond acceptors (Lipinski definition) is 2. The Labute approximate surface area is 112 Å². The number of amides is 1. The SMILES string of the molecule is O=C1N(Cc2ccccc2)CCOC1(Cl)C(F)(F)F. The van der Waals surface area contributed by atoms with Gasteiger partial charge in [-0.3, -0.25) is 4.79 Å². The highest BCUT2D eigenvalue weighted by atomic mass is 35.5. The maximum Gasteiger partial charge on any atom is 0.441 e. The van der Waals surface area contributed by atoms with Crippen molar-refractivity contribution in [2.75, 3.05) is 13.2 Å². The van der Waals surface area contributed by atoms with E-state index < -0.39 is 17.1 Å². The smallest absolute Gasteiger partial charge is 0.342 e. The topological polar surface area (TPSA) is 29.5 Å². The Bertz CT molecular complexity index is 466. The summed E-state index contributed by atoms with van der Waals surface area (Å²) in [5.74, 6) is -1.27. The standard InChI is InChI=1S/C12H11ClF3NO2/c13-11(12(14,15)16)10(18)17(6-7-19-11)8-9-4-2-1-3-5-9/h1-5H,6-8H2. The van der Waals surface area contributed by atoms with Gasteiger partial charge in [0.05, 0.1) is 6.61 Å². The zero-order chi connectivity index (χ0) is 14.1. The monoisotopic (exact) mass is 293 g/mol. The van der Waals surface area contributed by atoms with Crippen molar-refractivity contribution in [3.8, 4) is 0 Å². The minimum absolute atomic E-state index is 0.0770. The maximum absolute atomic E-state index is 12.8. The van der Waals surface area contributed by atoms with Crippen LogP contribution >= 0.6 is 11.6 Å². The van der Waals surface area contributed by atoms with Gasteiger partial charge in [0.25, 0.3) is 5.91 Å². The Kier molecular flexibility index (Phi) is 3.73. The van der Waals surface area contributed by atoms with Crippen LogP contribution in [0.15, 0.2) is 30.3 Å². The van der Waals surface area contributed by atoms with E-state index in [0.29, 0.717) is 0 Å². The van der Waals surface area contributed by atoms with Crippen LogP contribution in [0.25, 0.3) is 0 Å². The van der Waals surface area contributed by atoms with Crippen molar-refractivity contribution in [1.29, 1.82) is 0 Å². The molecule has 1 atom stereocenters. The molecule has 0 radical (unpaired) electrons. The number of benzene rings is 1. The molecule has 1 aromatic carbocycles. The summed E-state index contributed by atoms with van der Waals surface area (Å²) in [7, 11) is 0. The second-order valence-corrected chi connectivity index (χ2v) is 4.69. The summed E-state index contributed by atoms with van der Waals surface area (Å²) in [5.41, 5.74) is 0.735. The van der Waals surface area contributed by atoms with Crippen LogP contribution in [0.4, 0.5) is 13.2 Å². The van der Waals surface area contributed by atoms with Crippen molar-refractivity contribution in [3.63, 3.8) is 0 Å². The van der Waals surface area contributed by atoms with Crippen LogP contribution < -0.4 is 0 Å². The van der Waals surface area contributed by atoms with Crippen LogP contribution in [0.2, 0.25) is 0 Å². The molecule has 0 spiro atoms. The number of hydrogen-bond donors (Lipinski definition) is 0. The first-order valence-corrected chi connectivity index (χ1v) is 5.95. The predicted molar refractivity (Wildman–Crippen MR) is 62.5 cm³/mol. The number of halogens is 4. The van der Waals surface area contributed by atoms with Gasteiger partial charge in [-0.2, -0.15) is 13.2 Å². The lowest BCUT2D eigenvalue weighted by molar-refractivity contribution is -0.251. The van der Waals surface area contributed by atoms with Crippen LogP contribution in [0.1, 0.15) is 5.56 Å². The Morgan fingerprint density at radius 1 is 1.32 bits per heavy atom. The zero-order valence-corrected chi connectivity index (χ0v) is 10.5. The molecular weight excluding hydrogens is 283 g/mol. The third kappa shape index (κ3) is 2.69. The summed E-state index contributed by atoms with van der Waals surface area (Å²) >= 11 is 5.32. The van der Waals surface area contributed by atoms with E-state index in [-0.39, 0.29) is 19.7 Å². The highest BCUT2D eigenvalue weighted by Gasteiger charge is 2.63. The van der Waals surface area contributed by atoms with Gasteiger partial charge in [0.1, 0.15) is 0 Å². The first kappa shape index (κ1) is 14.1. The van der Waals surface area contributed by atoms with Gasteiger partial charge in [-0.15, -0.1) is 0 Å². The summed E-state index contributed by atoms with van der Waals surface area (Å²) in [4.78, 5) is 12.9. The first-order valence-electron chi connectivity index (χ1n) is 5.57. The summed E-state index contributed by atoms with van der Waals surface area (Å²) in [6.45, 7) is -0.0898. The van der Waals surface area contributed by atoms with Crippen LogP contribution in [0, 0.1) is 0 Å². The number of morpholine rings is 1. The van der Waals surface area contributed by atoms with Crippen LogP contribution in [0.5, 0.6) is 0 Å². The molecule has 1 fully saturated rings. The van der Waals surface area contributed by atoms with Crippen molar-refractivity contribution < 1.29 is 22.7 Å². The van der Waals surface area contributed by atoms with E-state index in [1.807, 2.05) is 0 Å². The maximum atomic E-state index is 12.8. The van der Waals surface area contributed by atoms with Crippen molar-refractivity contribution in [2.45, 2.75) is 17.8 Å². The second-order valence-electron chi connectivity index (χ2n) is 4.15. The average molecular weight is 294 g/mol. The highest BCUT2D eigenvalue weighted by molar-refractivity contribution is 6.34. The molecule has 104 valence electrons. The van der Waals surface area contributed by atoms with E-state index >= 15 is 0 Å². The largest absolute Gasteiger partial charge is 0.441 e. The molecule has 0 saturated carbocycles. The Morgan fingerprint density at radius 3 is 2.53 bits per heavy atom. The molecule has 1 aliphatic heterocycles. The number of carbonyl (C=O) groups excluding carboxylic acids is 1. The van der Waals surface area contributed by atoms with Gasteiger partial charge in [-0.05, 0) is 5.56 Å². The lowest BCUT2D eigenvalue weighted by Crippen LogP contribution is -2.60. The molecule has 0 N–H and O–H groups in total. The molecule has 1 heterocycles. The van der Waals surface area contributed by atoms with E-state index in [2.05, 4.69) is 4.74 Å². The van der Waals surface area contributed by atoms with Gasteiger partial charge in [0, 0.05) is 13.1 Å². The molecule has 0 aromatic heterocycles. The minimum Gasteiger partial charge on any atom is -0.342 e. The second kappa shape index (κ2) is 5.02. The van der Waals surface area contributed by atoms with Crippen LogP contribution in [-0.4, -0.2) is 35.2 Å². The molecule has 1 saturated heterocycles. The van der Waals surface area contributed by atoms with Gasteiger partial charge < -0.3 is 9.64 Å². The van der Waals surface area contributed by atoms with Crippen molar-refractivity contribution in [2.24, 2.45) is 0 Å². The molecule has 19 heavy (non-hydrogen) atoms. The Hall–Kier alpha value is -1.27. The molecule has 1 aliphatic rings. The van der Waals surface area contributed by atoms with E-state index in [1.54, 1.807) is 30.3 Å². The quantitative estimate of drug-likeness (QED) is 0.784. The van der Waals surface area contributed by atoms with Gasteiger partial charge in [-0.25, -0.2) is 0 Å². The molecular formula is C12H11ClF3NO2. The number of carbonyl (C=O) groups is 1. The summed E-state index contributed by atoms with van der Waals surface area (Å²) in [6.07, 6.45) is -4.94. The lowest BCUT2D eigenvalue weighted by Gasteiger charge is -2.38. The van der Waals surface area contributed by atoms with E-state index in [1.165, 1.54) is 0 Å². The van der Waals surface area contributed by atoms with Crippen LogP contribution in [0.3, 0.4) is 0 Å². The van der Waals surface area contributed by atoms with E-state index in [9.17, 15) is 18.0 Å². The zero-order valence-electron chi connectivity index (χ0n) is 9.78. The molecule has 2 rings (SSSR count). The van der Waals surface area contributed by atoms with Gasteiger partial charge >= 0.3 is 11.2 Å². The fraction of sp³-hybridized carbons (Fsp3) is 0.417. The van der Waals surface area contributed by atoms with Crippen LogP contribution in [-0.2, 0) is 16.1 Å². The molecule has 7 heteroatoms. The van der Waals surface area contributed by atoms with Gasteiger partial charge in [0.15, 0.2) is 0 Å². The lowest BCUT2D eigenvalue weighted by atomic mass is 10.1. The molecule has 1 unspecified atom stereocenters. The normalized spacial score (nSPS) is 24.6. The number of ether oxygens (including phenoxy) is 1. The first-order chi connectivity index (χ1) is 8.84. The summed E-state index contributed by atoms with van der Waals surface area (Å²) in [6, 6.07) is 8.74. The Morgan fingerprint density at radius 2 is 1.95 bits per heavy atom. The van der Waals surface area contributed by atoms with Crippen molar-refractivity contribution in [1.82, 2.24) is 4.90 Å². The molecule has 0 bridgehead atoms. The van der Waals surface area contributed by atoms with Gasteiger partial charge in [0.2, 0.25) is 0 Å². The molecule has 0 aliphatic carbocycles. The van der Waals surface area contributed by atoms with Gasteiger partial charge in [-0.1, -0.05) is 41.9 Å². The molecule has 1 aromatic rings. The number of alkyl halides is 4. The Balaban J connectivity index is 2.18. The van der Waals surface area contributed by atoms with Crippen molar-refractivity contribution in [3.05, 3.63) is 35.9 Å². The summed E-state index contributed by atoms with van der Waals surface area (Å²) < 4.78 is 42.8. The highest BCUT2D eigenvalue weighted by Crippen LogP contribution is 2.40. The molecule has 3 nitrogen and oxygen atoms in total. The third-order valence-corrected chi connectivity index (χ3v) is 3.29. The number of rotatable bonds is 2. The summed E-state index contributed by atoms with van der Waals surface area (Å²) in [5, 5.41) is -3.26. The fourth-order valence-corrected chi connectivity index (χ4v) is 2.02. The molecule has 1 amide bonds. The third-order valence-electron chi connectivity index (χ3n) is 2.81. The predicted octanol–water partition coefficient (Wildman–Crippen LogP) is 2.54. The van der Waals surface area contributed by atoms with E-state index in [4.69, 9.17) is 11.6 Å². The average Bonchev–Trinajstić information content (AvgIpc) is 2.35. The van der Waals surface area contributed by atoms with E-state index in [0.717, 1.165) is 10.5 Å². The number of nitrogens with zero attached hydrogens (tertiary/aromatic N) is 1.